The van der Waals surface area contributed by atoms with Crippen LogP contribution in [0.4, 0.5) is 0 Å². The Morgan fingerprint density at radius 3 is 3.08 bits per heavy atom. The molecule has 72 valence electrons. The molecular weight excluding hydrogens is 164 g/mol. The zero-order valence-corrected chi connectivity index (χ0v) is 8.25. The van der Waals surface area contributed by atoms with E-state index in [9.17, 15) is 0 Å². The van der Waals surface area contributed by atoms with E-state index in [1.54, 1.807) is 0 Å². The Morgan fingerprint density at radius 1 is 1.46 bits per heavy atom. The summed E-state index contributed by atoms with van der Waals surface area (Å²) in [5, 5.41) is 8.19. The number of aromatic nitrogens is 3. The topological polar surface area (TPSA) is 42.7 Å². The maximum absolute atomic E-state index is 4.13. The molecule has 0 bridgehead atoms. The fourth-order valence-electron chi connectivity index (χ4n) is 1.60. The number of rotatable bonds is 3. The molecule has 2 rings (SSSR count). The minimum Gasteiger partial charge on any atom is -0.308 e. The Balaban J connectivity index is 2.04. The van der Waals surface area contributed by atoms with Gasteiger partial charge in [-0.2, -0.15) is 4.79 Å². The summed E-state index contributed by atoms with van der Waals surface area (Å²) in [4.78, 5) is 1.85. The van der Waals surface area contributed by atoms with Gasteiger partial charge in [0, 0.05) is 6.54 Å². The van der Waals surface area contributed by atoms with Crippen molar-refractivity contribution in [1.82, 2.24) is 15.1 Å². The van der Waals surface area contributed by atoms with Crippen LogP contribution in [-0.4, -0.2) is 21.6 Å². The van der Waals surface area contributed by atoms with E-state index in [0.29, 0.717) is 5.92 Å². The monoisotopic (exact) mass is 180 g/mol. The number of nitrogens with one attached hydrogen (secondary N) is 1. The summed E-state index contributed by atoms with van der Waals surface area (Å²) >= 11 is 0. The first kappa shape index (κ1) is 8.53. The van der Waals surface area contributed by atoms with Crippen LogP contribution in [0.2, 0.25) is 0 Å². The van der Waals surface area contributed by atoms with E-state index in [1.165, 1.54) is 17.8 Å². The lowest BCUT2D eigenvalue weighted by Gasteiger charge is -2.09. The van der Waals surface area contributed by atoms with Crippen LogP contribution in [-0.2, 0) is 12.8 Å². The molecule has 0 aliphatic heterocycles. The summed E-state index contributed by atoms with van der Waals surface area (Å²) < 4.78 is 0. The maximum atomic E-state index is 4.13. The smallest absolute Gasteiger partial charge is 0.0881 e. The second kappa shape index (κ2) is 3.36. The van der Waals surface area contributed by atoms with Crippen LogP contribution in [0.15, 0.2) is 0 Å². The molecule has 0 amide bonds. The van der Waals surface area contributed by atoms with Gasteiger partial charge < -0.3 is 5.43 Å². The molecule has 1 N–H and O–H groups in total. The minimum atomic E-state index is 0.640. The lowest BCUT2D eigenvalue weighted by atomic mass is 10.2. The molecule has 1 heterocycles. The van der Waals surface area contributed by atoms with Crippen LogP contribution in [0.3, 0.4) is 0 Å². The van der Waals surface area contributed by atoms with E-state index in [4.69, 9.17) is 0 Å². The van der Waals surface area contributed by atoms with Gasteiger partial charge in [0.05, 0.1) is 11.4 Å². The SMILES string of the molecule is CC(C)CNn1nnc2c1CCC2. The fraction of sp³-hybridized carbons (Fsp3) is 0.778. The molecule has 1 aromatic heterocycles. The molecule has 0 unspecified atom stereocenters. The fourth-order valence-corrected chi connectivity index (χ4v) is 1.60. The Hall–Kier alpha value is -1.06. The van der Waals surface area contributed by atoms with Crippen molar-refractivity contribution < 1.29 is 0 Å². The largest absolute Gasteiger partial charge is 0.308 e. The molecule has 1 aliphatic carbocycles. The zero-order chi connectivity index (χ0) is 9.26. The Morgan fingerprint density at radius 2 is 2.31 bits per heavy atom. The third kappa shape index (κ3) is 1.66. The molecular formula is C9H16N4. The van der Waals surface area contributed by atoms with E-state index in [2.05, 4.69) is 29.6 Å². The quantitative estimate of drug-likeness (QED) is 0.753. The predicted octanol–water partition coefficient (Wildman–Crippen LogP) is 0.966. The summed E-state index contributed by atoms with van der Waals surface area (Å²) in [6.07, 6.45) is 3.44. The van der Waals surface area contributed by atoms with Crippen LogP contribution < -0.4 is 5.43 Å². The summed E-state index contributed by atoms with van der Waals surface area (Å²) in [6.45, 7) is 5.32. The first-order chi connectivity index (χ1) is 6.27. The molecule has 1 aliphatic rings. The van der Waals surface area contributed by atoms with Gasteiger partial charge in [-0.05, 0) is 30.4 Å². The predicted molar refractivity (Wildman–Crippen MR) is 51.1 cm³/mol. The van der Waals surface area contributed by atoms with Gasteiger partial charge in [-0.1, -0.05) is 13.8 Å². The zero-order valence-electron chi connectivity index (χ0n) is 8.25. The summed E-state index contributed by atoms with van der Waals surface area (Å²) in [6, 6.07) is 0. The van der Waals surface area contributed by atoms with Crippen LogP contribution in [0.1, 0.15) is 31.7 Å². The lowest BCUT2D eigenvalue weighted by molar-refractivity contribution is 0.584. The Kier molecular flexibility index (Phi) is 2.20. The van der Waals surface area contributed by atoms with Crippen LogP contribution in [0.25, 0.3) is 0 Å². The first-order valence-electron chi connectivity index (χ1n) is 4.94. The highest BCUT2D eigenvalue weighted by atomic mass is 15.6. The van der Waals surface area contributed by atoms with Crippen molar-refractivity contribution in [1.29, 1.82) is 0 Å². The molecule has 0 spiro atoms. The average Bonchev–Trinajstić information content (AvgIpc) is 2.60. The molecule has 0 atom stereocenters. The molecule has 0 aromatic carbocycles. The van der Waals surface area contributed by atoms with Gasteiger partial charge in [0.25, 0.3) is 0 Å². The first-order valence-corrected chi connectivity index (χ1v) is 4.94. The van der Waals surface area contributed by atoms with Crippen molar-refractivity contribution in [3.05, 3.63) is 11.4 Å². The molecule has 13 heavy (non-hydrogen) atoms. The van der Waals surface area contributed by atoms with Crippen molar-refractivity contribution in [3.63, 3.8) is 0 Å². The van der Waals surface area contributed by atoms with E-state index < -0.39 is 0 Å². The number of hydrogen-bond acceptors (Lipinski definition) is 3. The van der Waals surface area contributed by atoms with E-state index in [-0.39, 0.29) is 0 Å². The normalized spacial score (nSPS) is 15.0. The number of nitrogens with zero attached hydrogens (tertiary/aromatic N) is 3. The van der Waals surface area contributed by atoms with Gasteiger partial charge in [-0.15, -0.1) is 5.10 Å². The van der Waals surface area contributed by atoms with Gasteiger partial charge in [0.1, 0.15) is 0 Å². The average molecular weight is 180 g/mol. The Labute approximate surface area is 78.3 Å². The highest BCUT2D eigenvalue weighted by Gasteiger charge is 2.18. The molecule has 0 radical (unpaired) electrons. The molecule has 4 heteroatoms. The van der Waals surface area contributed by atoms with E-state index in [0.717, 1.165) is 19.4 Å². The summed E-state index contributed by atoms with van der Waals surface area (Å²) in [5.74, 6) is 0.640. The van der Waals surface area contributed by atoms with Crippen molar-refractivity contribution in [2.45, 2.75) is 33.1 Å². The molecule has 0 saturated carbocycles. The number of fused-ring (bicyclic) bond motifs is 1. The van der Waals surface area contributed by atoms with Crippen molar-refractivity contribution in [2.24, 2.45) is 5.92 Å². The Bertz CT molecular complexity index is 290. The van der Waals surface area contributed by atoms with Gasteiger partial charge >= 0.3 is 0 Å². The van der Waals surface area contributed by atoms with Crippen LogP contribution in [0.5, 0.6) is 0 Å². The second-order valence-corrected chi connectivity index (χ2v) is 4.00. The molecule has 0 fully saturated rings. The van der Waals surface area contributed by atoms with Gasteiger partial charge in [-0.3, -0.25) is 0 Å². The summed E-state index contributed by atoms with van der Waals surface area (Å²) in [5.41, 5.74) is 5.72. The van der Waals surface area contributed by atoms with Crippen LogP contribution in [0, 0.1) is 5.92 Å². The minimum absolute atomic E-state index is 0.640. The van der Waals surface area contributed by atoms with E-state index in [1.807, 2.05) is 4.79 Å². The second-order valence-electron chi connectivity index (χ2n) is 4.00. The van der Waals surface area contributed by atoms with Gasteiger partial charge in [0.15, 0.2) is 0 Å². The lowest BCUT2D eigenvalue weighted by Crippen LogP contribution is -2.22. The third-order valence-electron chi connectivity index (χ3n) is 2.32. The van der Waals surface area contributed by atoms with E-state index >= 15 is 0 Å². The van der Waals surface area contributed by atoms with Crippen molar-refractivity contribution >= 4 is 0 Å². The van der Waals surface area contributed by atoms with Gasteiger partial charge in [-0.25, -0.2) is 0 Å². The van der Waals surface area contributed by atoms with Crippen molar-refractivity contribution in [3.8, 4) is 0 Å². The number of hydrogen-bond donors (Lipinski definition) is 1. The van der Waals surface area contributed by atoms with Gasteiger partial charge in [0.2, 0.25) is 0 Å². The number of aryl methyl sites for hydroxylation is 1. The highest BCUT2D eigenvalue weighted by Crippen LogP contribution is 2.17. The van der Waals surface area contributed by atoms with Crippen molar-refractivity contribution in [2.75, 3.05) is 12.0 Å². The summed E-state index contributed by atoms with van der Waals surface area (Å²) in [7, 11) is 0. The molecule has 1 aromatic rings. The molecule has 4 nitrogen and oxygen atoms in total. The maximum Gasteiger partial charge on any atom is 0.0881 e. The standard InChI is InChI=1S/C9H16N4/c1-7(2)6-10-13-9-5-3-4-8(9)11-12-13/h7,10H,3-6H2,1-2H3. The highest BCUT2D eigenvalue weighted by molar-refractivity contribution is 5.16. The third-order valence-corrected chi connectivity index (χ3v) is 2.32. The molecule has 0 saturated heterocycles. The van der Waals surface area contributed by atoms with Crippen LogP contribution >= 0.6 is 0 Å².